The Morgan fingerprint density at radius 3 is 2.12 bits per heavy atom. The number of aryl methyl sites for hydroxylation is 1. The fourth-order valence-corrected chi connectivity index (χ4v) is 4.16. The van der Waals surface area contributed by atoms with Gasteiger partial charge in [0.1, 0.15) is 5.75 Å². The Hall–Kier alpha value is -3.72. The highest BCUT2D eigenvalue weighted by molar-refractivity contribution is 7.92. The first kappa shape index (κ1) is 23.0. The first-order chi connectivity index (χ1) is 15.3. The molecule has 2 N–H and O–H groups in total. The first-order valence-corrected chi connectivity index (χ1v) is 11.1. The Balaban J connectivity index is 1.86. The number of para-hydroxylation sites is 2. The summed E-state index contributed by atoms with van der Waals surface area (Å²) in [5.41, 5.74) is 1.76. The van der Waals surface area contributed by atoms with Crippen molar-refractivity contribution >= 4 is 27.3 Å². The second kappa shape index (κ2) is 9.61. The molecule has 0 saturated carbocycles. The molecule has 32 heavy (non-hydrogen) atoms. The maximum absolute atomic E-state index is 12.9. The lowest BCUT2D eigenvalue weighted by molar-refractivity contribution is 0.102. The lowest BCUT2D eigenvalue weighted by Crippen LogP contribution is -2.16. The van der Waals surface area contributed by atoms with Crippen molar-refractivity contribution in [1.29, 1.82) is 0 Å². The van der Waals surface area contributed by atoms with Gasteiger partial charge in [-0.15, -0.1) is 0 Å². The molecular formula is C23H24N2O6S. The third-order valence-electron chi connectivity index (χ3n) is 4.74. The molecule has 1 amide bonds. The Labute approximate surface area is 187 Å². The second-order valence-electron chi connectivity index (χ2n) is 6.81. The standard InChI is InChI=1S/C23H24N2O6S/c1-15-12-21(30-3)22(31-4)14-19(15)24-23(26)16-8-7-9-17(13-16)32(27,28)25-18-10-5-6-11-20(18)29-2/h5-14,25H,1-4H3,(H,24,26). The van der Waals surface area contributed by atoms with Crippen LogP contribution in [0.25, 0.3) is 0 Å². The van der Waals surface area contributed by atoms with Crippen LogP contribution in [0.1, 0.15) is 15.9 Å². The van der Waals surface area contributed by atoms with Gasteiger partial charge >= 0.3 is 0 Å². The number of benzene rings is 3. The maximum atomic E-state index is 12.9. The average Bonchev–Trinajstić information content (AvgIpc) is 2.80. The predicted molar refractivity (Wildman–Crippen MR) is 122 cm³/mol. The SMILES string of the molecule is COc1ccccc1NS(=O)(=O)c1cccc(C(=O)Nc2cc(OC)c(OC)cc2C)c1. The van der Waals surface area contributed by atoms with Gasteiger partial charge in [-0.2, -0.15) is 0 Å². The molecule has 0 saturated heterocycles. The summed E-state index contributed by atoms with van der Waals surface area (Å²) in [7, 11) is 0.534. The summed E-state index contributed by atoms with van der Waals surface area (Å²) in [5.74, 6) is 0.924. The summed E-state index contributed by atoms with van der Waals surface area (Å²) in [5, 5.41) is 2.79. The van der Waals surface area contributed by atoms with Gasteiger partial charge in [-0.25, -0.2) is 8.42 Å². The monoisotopic (exact) mass is 456 g/mol. The van der Waals surface area contributed by atoms with E-state index in [-0.39, 0.29) is 10.5 Å². The van der Waals surface area contributed by atoms with Crippen LogP contribution in [-0.4, -0.2) is 35.7 Å². The van der Waals surface area contributed by atoms with Crippen LogP contribution < -0.4 is 24.2 Å². The summed E-state index contributed by atoms with van der Waals surface area (Å²) >= 11 is 0. The van der Waals surface area contributed by atoms with Gasteiger partial charge in [-0.3, -0.25) is 9.52 Å². The minimum absolute atomic E-state index is 0.0555. The smallest absolute Gasteiger partial charge is 0.262 e. The third kappa shape index (κ3) is 4.94. The molecule has 0 fully saturated rings. The van der Waals surface area contributed by atoms with Crippen molar-refractivity contribution in [2.24, 2.45) is 0 Å². The van der Waals surface area contributed by atoms with Crippen molar-refractivity contribution in [2.75, 3.05) is 31.4 Å². The number of nitrogens with one attached hydrogen (secondary N) is 2. The van der Waals surface area contributed by atoms with Gasteiger partial charge in [0.2, 0.25) is 0 Å². The van der Waals surface area contributed by atoms with Gasteiger partial charge in [0.05, 0.1) is 31.9 Å². The Bertz CT molecular complexity index is 1240. The zero-order chi connectivity index (χ0) is 23.3. The van der Waals surface area contributed by atoms with Crippen LogP contribution in [0.4, 0.5) is 11.4 Å². The van der Waals surface area contributed by atoms with Crippen LogP contribution in [0, 0.1) is 6.92 Å². The van der Waals surface area contributed by atoms with E-state index < -0.39 is 15.9 Å². The molecule has 3 aromatic carbocycles. The van der Waals surface area contributed by atoms with Gasteiger partial charge in [0, 0.05) is 17.3 Å². The Morgan fingerprint density at radius 2 is 1.44 bits per heavy atom. The molecule has 0 unspecified atom stereocenters. The molecule has 0 aliphatic rings. The fourth-order valence-electron chi connectivity index (χ4n) is 3.05. The lowest BCUT2D eigenvalue weighted by atomic mass is 10.1. The second-order valence-corrected chi connectivity index (χ2v) is 8.49. The number of anilines is 2. The number of carbonyl (C=O) groups excluding carboxylic acids is 1. The molecule has 168 valence electrons. The number of rotatable bonds is 8. The highest BCUT2D eigenvalue weighted by atomic mass is 32.2. The van der Waals surface area contributed by atoms with Gasteiger partial charge < -0.3 is 19.5 Å². The topological polar surface area (TPSA) is 103 Å². The van der Waals surface area contributed by atoms with E-state index >= 15 is 0 Å². The summed E-state index contributed by atoms with van der Waals surface area (Å²) in [6, 6.07) is 15.8. The summed E-state index contributed by atoms with van der Waals surface area (Å²) in [6.07, 6.45) is 0. The minimum Gasteiger partial charge on any atom is -0.495 e. The number of amides is 1. The van der Waals surface area contributed by atoms with Crippen LogP contribution in [0.3, 0.4) is 0 Å². The highest BCUT2D eigenvalue weighted by Crippen LogP contribution is 2.33. The van der Waals surface area contributed by atoms with E-state index in [0.717, 1.165) is 5.56 Å². The lowest BCUT2D eigenvalue weighted by Gasteiger charge is -2.14. The van der Waals surface area contributed by atoms with Gasteiger partial charge in [-0.05, 0) is 48.9 Å². The zero-order valence-electron chi connectivity index (χ0n) is 18.1. The van der Waals surface area contributed by atoms with E-state index in [1.807, 2.05) is 6.92 Å². The van der Waals surface area contributed by atoms with Crippen molar-refractivity contribution in [3.8, 4) is 17.2 Å². The predicted octanol–water partition coefficient (Wildman–Crippen LogP) is 4.07. The molecule has 0 spiro atoms. The number of hydrogen-bond donors (Lipinski definition) is 2. The van der Waals surface area contributed by atoms with E-state index in [1.54, 1.807) is 36.4 Å². The molecule has 0 heterocycles. The van der Waals surface area contributed by atoms with Gasteiger partial charge in [0.15, 0.2) is 11.5 Å². The largest absolute Gasteiger partial charge is 0.495 e. The number of hydrogen-bond acceptors (Lipinski definition) is 6. The Morgan fingerprint density at radius 1 is 0.781 bits per heavy atom. The maximum Gasteiger partial charge on any atom is 0.262 e. The van der Waals surface area contributed by atoms with Crippen molar-refractivity contribution in [3.63, 3.8) is 0 Å². The van der Waals surface area contributed by atoms with Crippen molar-refractivity contribution < 1.29 is 27.4 Å². The highest BCUT2D eigenvalue weighted by Gasteiger charge is 2.19. The van der Waals surface area contributed by atoms with Crippen LogP contribution in [-0.2, 0) is 10.0 Å². The number of carbonyl (C=O) groups is 1. The molecule has 0 atom stereocenters. The first-order valence-electron chi connectivity index (χ1n) is 9.59. The average molecular weight is 457 g/mol. The van der Waals surface area contributed by atoms with E-state index in [4.69, 9.17) is 14.2 Å². The quantitative estimate of drug-likeness (QED) is 0.530. The molecule has 3 rings (SSSR count). The Kier molecular flexibility index (Phi) is 6.89. The van der Waals surface area contributed by atoms with E-state index in [2.05, 4.69) is 10.0 Å². The van der Waals surface area contributed by atoms with Crippen LogP contribution in [0.15, 0.2) is 65.6 Å². The number of sulfonamides is 1. The van der Waals surface area contributed by atoms with Crippen LogP contribution >= 0.6 is 0 Å². The molecule has 8 nitrogen and oxygen atoms in total. The van der Waals surface area contributed by atoms with Crippen molar-refractivity contribution in [2.45, 2.75) is 11.8 Å². The zero-order valence-corrected chi connectivity index (χ0v) is 18.9. The summed E-state index contributed by atoms with van der Waals surface area (Å²) in [4.78, 5) is 12.8. The molecule has 0 aromatic heterocycles. The molecule has 9 heteroatoms. The van der Waals surface area contributed by atoms with Crippen molar-refractivity contribution in [1.82, 2.24) is 0 Å². The fraction of sp³-hybridized carbons (Fsp3) is 0.174. The van der Waals surface area contributed by atoms with Crippen LogP contribution in [0.2, 0.25) is 0 Å². The van der Waals surface area contributed by atoms with Gasteiger partial charge in [-0.1, -0.05) is 18.2 Å². The van der Waals surface area contributed by atoms with E-state index in [9.17, 15) is 13.2 Å². The molecule has 0 bridgehead atoms. The van der Waals surface area contributed by atoms with Crippen LogP contribution in [0.5, 0.6) is 17.2 Å². The number of methoxy groups -OCH3 is 3. The summed E-state index contributed by atoms with van der Waals surface area (Å²) in [6.45, 7) is 1.82. The van der Waals surface area contributed by atoms with E-state index in [0.29, 0.717) is 28.6 Å². The minimum atomic E-state index is -3.95. The number of ether oxygens (including phenoxy) is 3. The molecule has 3 aromatic rings. The third-order valence-corrected chi connectivity index (χ3v) is 6.10. The molecule has 0 radical (unpaired) electrons. The van der Waals surface area contributed by atoms with Crippen molar-refractivity contribution in [3.05, 3.63) is 71.8 Å². The van der Waals surface area contributed by atoms with E-state index in [1.165, 1.54) is 45.6 Å². The molecular weight excluding hydrogens is 432 g/mol. The summed E-state index contributed by atoms with van der Waals surface area (Å²) < 4.78 is 44.0. The van der Waals surface area contributed by atoms with Gasteiger partial charge in [0.25, 0.3) is 15.9 Å². The normalized spacial score (nSPS) is 10.9. The molecule has 0 aliphatic carbocycles. The molecule has 0 aliphatic heterocycles.